The molecule has 0 aliphatic heterocycles. The number of halogens is 2. The van der Waals surface area contributed by atoms with Crippen LogP contribution in [0.25, 0.3) is 11.3 Å². The van der Waals surface area contributed by atoms with Crippen LogP contribution in [0.1, 0.15) is 25.3 Å². The number of hydrogen-bond donors (Lipinski definition) is 1. The smallest absolute Gasteiger partial charge is 0.239 e. The lowest BCUT2D eigenvalue weighted by atomic mass is 10.0. The second-order valence-electron chi connectivity index (χ2n) is 6.51. The van der Waals surface area contributed by atoms with Crippen molar-refractivity contribution in [3.63, 3.8) is 0 Å². The van der Waals surface area contributed by atoms with Crippen LogP contribution >= 0.6 is 35.3 Å². The lowest BCUT2D eigenvalue weighted by molar-refractivity contribution is 0.598. The van der Waals surface area contributed by atoms with Gasteiger partial charge in [0.25, 0.3) is 0 Å². The molecule has 0 amide bonds. The van der Waals surface area contributed by atoms with Gasteiger partial charge in [0.1, 0.15) is 4.90 Å². The predicted molar refractivity (Wildman–Crippen MR) is 118 cm³/mol. The Morgan fingerprint density at radius 1 is 1.14 bits per heavy atom. The molecular weight excluding hydrogens is 437 g/mol. The molecule has 0 saturated carbocycles. The number of primary sulfonamides is 1. The van der Waals surface area contributed by atoms with Crippen molar-refractivity contribution in [2.45, 2.75) is 24.7 Å². The molecule has 0 bridgehead atoms. The maximum atomic E-state index is 11.7. The average molecular weight is 458 g/mol. The zero-order valence-corrected chi connectivity index (χ0v) is 18.8. The van der Waals surface area contributed by atoms with Gasteiger partial charge in [0.05, 0.1) is 16.4 Å². The molecule has 0 spiro atoms. The number of nitrogens with zero attached hydrogens (tertiary/aromatic N) is 2. The van der Waals surface area contributed by atoms with Gasteiger partial charge in [-0.1, -0.05) is 43.6 Å². The second-order valence-corrected chi connectivity index (χ2v) is 9.28. The molecule has 9 heteroatoms. The monoisotopic (exact) mass is 457 g/mol. The number of thiazole rings is 1. The van der Waals surface area contributed by atoms with E-state index in [1.165, 1.54) is 29.0 Å². The predicted octanol–water partition coefficient (Wildman–Crippen LogP) is 4.83. The highest BCUT2D eigenvalue weighted by molar-refractivity contribution is 7.89. The largest absolute Gasteiger partial charge is 0.320 e. The molecule has 0 aliphatic carbocycles. The van der Waals surface area contributed by atoms with Crippen LogP contribution in [0.5, 0.6) is 0 Å². The minimum atomic E-state index is -3.89. The molecule has 3 aromatic rings. The molecule has 0 aliphatic rings. The van der Waals surface area contributed by atoms with E-state index >= 15 is 0 Å². The molecule has 1 aromatic heterocycles. The standard InChI is InChI=1S/C19H20ClN3O2S2.ClH/c1-12(2)13-4-7-15(8-5-13)22-19-23(3)17(11-26-19)14-6-9-16(20)18(10-14)27(21,24)25;/h4-12H,1-3H3,(H2,21,24,25);1H/b22-19+;. The van der Waals surface area contributed by atoms with Gasteiger partial charge in [0, 0.05) is 18.0 Å². The van der Waals surface area contributed by atoms with E-state index in [2.05, 4.69) is 31.0 Å². The van der Waals surface area contributed by atoms with Gasteiger partial charge < -0.3 is 4.57 Å². The number of rotatable bonds is 4. The van der Waals surface area contributed by atoms with Crippen LogP contribution in [0.2, 0.25) is 5.02 Å². The molecular formula is C19H21Cl2N3O2S2. The Kier molecular flexibility index (Phi) is 7.12. The van der Waals surface area contributed by atoms with Gasteiger partial charge in [0.2, 0.25) is 10.0 Å². The Hall–Kier alpha value is -1.64. The van der Waals surface area contributed by atoms with Gasteiger partial charge in [0.15, 0.2) is 4.80 Å². The van der Waals surface area contributed by atoms with E-state index < -0.39 is 10.0 Å². The Balaban J connectivity index is 0.00000280. The van der Waals surface area contributed by atoms with Crippen molar-refractivity contribution in [3.8, 4) is 11.3 Å². The second kappa shape index (κ2) is 8.80. The third-order valence-electron chi connectivity index (χ3n) is 4.24. The van der Waals surface area contributed by atoms with Gasteiger partial charge in [-0.3, -0.25) is 0 Å². The summed E-state index contributed by atoms with van der Waals surface area (Å²) in [6.45, 7) is 4.30. The number of sulfonamides is 1. The van der Waals surface area contributed by atoms with Crippen LogP contribution in [0.15, 0.2) is 57.7 Å². The maximum Gasteiger partial charge on any atom is 0.239 e. The highest BCUT2D eigenvalue weighted by Gasteiger charge is 2.15. The summed E-state index contributed by atoms with van der Waals surface area (Å²) in [4.78, 5) is 5.40. The fraction of sp³-hybridized carbons (Fsp3) is 0.211. The Morgan fingerprint density at radius 3 is 2.36 bits per heavy atom. The van der Waals surface area contributed by atoms with Crippen LogP contribution in [0.4, 0.5) is 5.69 Å². The van der Waals surface area contributed by atoms with Gasteiger partial charge in [-0.2, -0.15) is 0 Å². The van der Waals surface area contributed by atoms with Crippen molar-refractivity contribution in [1.29, 1.82) is 0 Å². The molecule has 5 nitrogen and oxygen atoms in total. The van der Waals surface area contributed by atoms with Crippen LogP contribution in [-0.4, -0.2) is 13.0 Å². The van der Waals surface area contributed by atoms with E-state index in [9.17, 15) is 8.42 Å². The summed E-state index contributed by atoms with van der Waals surface area (Å²) in [6.07, 6.45) is 0. The summed E-state index contributed by atoms with van der Waals surface area (Å²) in [6, 6.07) is 12.9. The van der Waals surface area contributed by atoms with Crippen molar-refractivity contribution >= 4 is 51.1 Å². The van der Waals surface area contributed by atoms with Crippen molar-refractivity contribution in [3.05, 3.63) is 63.2 Å². The molecule has 0 fully saturated rings. The average Bonchev–Trinajstić information content (AvgIpc) is 2.95. The third-order valence-corrected chi connectivity index (χ3v) is 6.55. The van der Waals surface area contributed by atoms with Gasteiger partial charge >= 0.3 is 0 Å². The molecule has 150 valence electrons. The van der Waals surface area contributed by atoms with E-state index in [0.717, 1.165) is 16.2 Å². The number of nitrogens with two attached hydrogens (primary N) is 1. The van der Waals surface area contributed by atoms with Gasteiger partial charge in [-0.15, -0.1) is 23.7 Å². The maximum absolute atomic E-state index is 11.7. The Morgan fingerprint density at radius 2 is 1.79 bits per heavy atom. The molecule has 0 unspecified atom stereocenters. The first-order chi connectivity index (χ1) is 12.7. The normalized spacial score (nSPS) is 12.3. The van der Waals surface area contributed by atoms with Crippen molar-refractivity contribution in [2.24, 2.45) is 17.2 Å². The van der Waals surface area contributed by atoms with Gasteiger partial charge in [-0.25, -0.2) is 18.5 Å². The molecule has 1 heterocycles. The van der Waals surface area contributed by atoms with Crippen molar-refractivity contribution < 1.29 is 8.42 Å². The molecule has 0 atom stereocenters. The Labute approximate surface area is 180 Å². The first kappa shape index (κ1) is 22.6. The minimum absolute atomic E-state index is 0. The lowest BCUT2D eigenvalue weighted by Crippen LogP contribution is -2.13. The topological polar surface area (TPSA) is 77.4 Å². The van der Waals surface area contributed by atoms with E-state index in [1.54, 1.807) is 6.07 Å². The van der Waals surface area contributed by atoms with Gasteiger partial charge in [-0.05, 0) is 35.7 Å². The summed E-state index contributed by atoms with van der Waals surface area (Å²) in [7, 11) is -2.00. The molecule has 2 N–H and O–H groups in total. The minimum Gasteiger partial charge on any atom is -0.320 e. The molecule has 28 heavy (non-hydrogen) atoms. The molecule has 0 saturated heterocycles. The Bertz CT molecular complexity index is 1150. The zero-order valence-electron chi connectivity index (χ0n) is 15.6. The first-order valence-corrected chi connectivity index (χ1v) is 11.1. The number of benzene rings is 2. The SMILES string of the molecule is CC(C)c1ccc(/N=c2/scc(-c3ccc(Cl)c(S(N)(=O)=O)c3)n2C)cc1.Cl. The summed E-state index contributed by atoms with van der Waals surface area (Å²) in [5.41, 5.74) is 3.67. The molecule has 3 rings (SSSR count). The third kappa shape index (κ3) is 4.85. The summed E-state index contributed by atoms with van der Waals surface area (Å²) in [5.74, 6) is 0.474. The fourth-order valence-electron chi connectivity index (χ4n) is 2.66. The molecule has 0 radical (unpaired) electrons. The van der Waals surface area contributed by atoms with Crippen LogP contribution in [-0.2, 0) is 17.1 Å². The van der Waals surface area contributed by atoms with E-state index in [1.807, 2.05) is 29.1 Å². The number of aromatic nitrogens is 1. The van der Waals surface area contributed by atoms with E-state index in [4.69, 9.17) is 16.7 Å². The molecule has 2 aromatic carbocycles. The summed E-state index contributed by atoms with van der Waals surface area (Å²) >= 11 is 7.45. The summed E-state index contributed by atoms with van der Waals surface area (Å²) in [5, 5.41) is 7.28. The van der Waals surface area contributed by atoms with Crippen molar-refractivity contribution in [2.75, 3.05) is 0 Å². The van der Waals surface area contributed by atoms with Crippen LogP contribution < -0.4 is 9.94 Å². The van der Waals surface area contributed by atoms with Crippen molar-refractivity contribution in [1.82, 2.24) is 4.57 Å². The van der Waals surface area contributed by atoms with E-state index in [0.29, 0.717) is 11.5 Å². The van der Waals surface area contributed by atoms with Crippen LogP contribution in [0.3, 0.4) is 0 Å². The van der Waals surface area contributed by atoms with E-state index in [-0.39, 0.29) is 22.3 Å². The van der Waals surface area contributed by atoms with Crippen LogP contribution in [0, 0.1) is 0 Å². The zero-order chi connectivity index (χ0) is 19.8. The highest BCUT2D eigenvalue weighted by atomic mass is 35.5. The lowest BCUT2D eigenvalue weighted by Gasteiger charge is -2.07. The number of hydrogen-bond acceptors (Lipinski definition) is 4. The fourth-order valence-corrected chi connectivity index (χ4v) is 4.65. The quantitative estimate of drug-likeness (QED) is 0.608. The highest BCUT2D eigenvalue weighted by Crippen LogP contribution is 2.28. The summed E-state index contributed by atoms with van der Waals surface area (Å²) < 4.78 is 25.3. The first-order valence-electron chi connectivity index (χ1n) is 8.29.